The number of hydrogen-bond donors (Lipinski definition) is 2. The van der Waals surface area contributed by atoms with E-state index < -0.39 is 0 Å². The van der Waals surface area contributed by atoms with Crippen molar-refractivity contribution in [3.05, 3.63) is 59.6 Å². The molecule has 2 rings (SSSR count). The van der Waals surface area contributed by atoms with Gasteiger partial charge in [0.15, 0.2) is 6.61 Å². The fraction of sp³-hybridized carbons (Fsp3) is 0.125. The minimum atomic E-state index is -0.366. The molecular formula is C16H15ClN2O3. The van der Waals surface area contributed by atoms with Gasteiger partial charge in [-0.2, -0.15) is 0 Å². The second kappa shape index (κ2) is 8.05. The van der Waals surface area contributed by atoms with Gasteiger partial charge in [0.25, 0.3) is 5.91 Å². The molecule has 0 heterocycles. The van der Waals surface area contributed by atoms with Gasteiger partial charge in [0.1, 0.15) is 5.75 Å². The maximum atomic E-state index is 11.7. The Morgan fingerprint density at radius 1 is 0.955 bits per heavy atom. The molecule has 0 saturated heterocycles. The summed E-state index contributed by atoms with van der Waals surface area (Å²) in [5.41, 5.74) is 0.615. The van der Waals surface area contributed by atoms with E-state index in [9.17, 15) is 9.59 Å². The number of rotatable bonds is 6. The Morgan fingerprint density at radius 2 is 1.64 bits per heavy atom. The number of anilines is 1. The Labute approximate surface area is 133 Å². The summed E-state index contributed by atoms with van der Waals surface area (Å²) in [6.07, 6.45) is 0. The molecule has 0 atom stereocenters. The molecular weight excluding hydrogens is 304 g/mol. The third-order valence-corrected chi connectivity index (χ3v) is 2.94. The zero-order valence-electron chi connectivity index (χ0n) is 11.7. The molecule has 0 radical (unpaired) electrons. The Hall–Kier alpha value is -2.53. The fourth-order valence-corrected chi connectivity index (χ4v) is 1.76. The zero-order valence-corrected chi connectivity index (χ0v) is 12.5. The molecule has 5 nitrogen and oxygen atoms in total. The molecule has 0 aliphatic heterocycles. The highest BCUT2D eigenvalue weighted by Gasteiger charge is 2.06. The molecule has 114 valence electrons. The Balaban J connectivity index is 1.69. The number of para-hydroxylation sites is 1. The maximum absolute atomic E-state index is 11.7. The van der Waals surface area contributed by atoms with Crippen molar-refractivity contribution >= 4 is 29.1 Å². The lowest BCUT2D eigenvalue weighted by atomic mass is 10.3. The van der Waals surface area contributed by atoms with Crippen molar-refractivity contribution in [2.24, 2.45) is 0 Å². The summed E-state index contributed by atoms with van der Waals surface area (Å²) in [6, 6.07) is 15.7. The summed E-state index contributed by atoms with van der Waals surface area (Å²) in [4.78, 5) is 23.3. The van der Waals surface area contributed by atoms with Gasteiger partial charge in [-0.15, -0.1) is 0 Å². The van der Waals surface area contributed by atoms with Gasteiger partial charge in [-0.3, -0.25) is 9.59 Å². The first-order valence-electron chi connectivity index (χ1n) is 6.63. The first-order chi connectivity index (χ1) is 10.6. The summed E-state index contributed by atoms with van der Waals surface area (Å²) in [6.45, 7) is -0.266. The molecule has 2 aromatic carbocycles. The summed E-state index contributed by atoms with van der Waals surface area (Å²) >= 11 is 5.75. The van der Waals surface area contributed by atoms with Crippen molar-refractivity contribution in [3.63, 3.8) is 0 Å². The van der Waals surface area contributed by atoms with Gasteiger partial charge in [-0.05, 0) is 36.4 Å². The molecule has 2 N–H and O–H groups in total. The van der Waals surface area contributed by atoms with Crippen molar-refractivity contribution < 1.29 is 14.3 Å². The topological polar surface area (TPSA) is 67.4 Å². The van der Waals surface area contributed by atoms with E-state index in [0.717, 1.165) is 0 Å². The molecule has 2 amide bonds. The van der Waals surface area contributed by atoms with Gasteiger partial charge in [0.2, 0.25) is 5.91 Å². The summed E-state index contributed by atoms with van der Waals surface area (Å²) in [5, 5.41) is 5.71. The second-order valence-electron chi connectivity index (χ2n) is 4.43. The average Bonchev–Trinajstić information content (AvgIpc) is 2.54. The summed E-state index contributed by atoms with van der Waals surface area (Å²) in [5.74, 6) is -0.0891. The molecule has 0 unspecified atom stereocenters. The van der Waals surface area contributed by atoms with Gasteiger partial charge in [-0.1, -0.05) is 29.8 Å². The fourth-order valence-electron chi connectivity index (χ4n) is 1.63. The SMILES string of the molecule is O=C(COc1ccccc1)NCC(=O)Nc1ccc(Cl)cc1. The largest absolute Gasteiger partial charge is 0.484 e. The van der Waals surface area contributed by atoms with Crippen LogP contribution in [0.25, 0.3) is 0 Å². The van der Waals surface area contributed by atoms with Crippen molar-refractivity contribution in [1.29, 1.82) is 0 Å². The smallest absolute Gasteiger partial charge is 0.258 e. The van der Waals surface area contributed by atoms with Crippen LogP contribution in [0.2, 0.25) is 5.02 Å². The second-order valence-corrected chi connectivity index (χ2v) is 4.87. The molecule has 2 aromatic rings. The van der Waals surface area contributed by atoms with Crippen LogP contribution in [0.3, 0.4) is 0 Å². The first-order valence-corrected chi connectivity index (χ1v) is 7.01. The summed E-state index contributed by atoms with van der Waals surface area (Å²) in [7, 11) is 0. The van der Waals surface area contributed by atoms with Crippen LogP contribution in [-0.4, -0.2) is 25.0 Å². The van der Waals surface area contributed by atoms with Crippen molar-refractivity contribution in [3.8, 4) is 5.75 Å². The Bertz CT molecular complexity index is 630. The standard InChI is InChI=1S/C16H15ClN2O3/c17-12-6-8-13(9-7-12)19-15(20)10-18-16(21)11-22-14-4-2-1-3-5-14/h1-9H,10-11H2,(H,18,21)(H,19,20). The van der Waals surface area contributed by atoms with Crippen LogP contribution in [0.5, 0.6) is 5.75 Å². The maximum Gasteiger partial charge on any atom is 0.258 e. The minimum Gasteiger partial charge on any atom is -0.484 e. The molecule has 0 aliphatic rings. The first kappa shape index (κ1) is 15.9. The van der Waals surface area contributed by atoms with Crippen LogP contribution in [0.15, 0.2) is 54.6 Å². The minimum absolute atomic E-state index is 0.125. The number of halogens is 1. The van der Waals surface area contributed by atoms with Crippen LogP contribution < -0.4 is 15.4 Å². The van der Waals surface area contributed by atoms with Crippen LogP contribution in [-0.2, 0) is 9.59 Å². The van der Waals surface area contributed by atoms with Crippen molar-refractivity contribution in [2.45, 2.75) is 0 Å². The van der Waals surface area contributed by atoms with E-state index in [4.69, 9.17) is 16.3 Å². The molecule has 0 spiro atoms. The molecule has 0 bridgehead atoms. The lowest BCUT2D eigenvalue weighted by Gasteiger charge is -2.08. The number of carbonyl (C=O) groups is 2. The van der Waals surface area contributed by atoms with E-state index in [2.05, 4.69) is 10.6 Å². The Morgan fingerprint density at radius 3 is 2.32 bits per heavy atom. The number of ether oxygens (including phenoxy) is 1. The van der Waals surface area contributed by atoms with Gasteiger partial charge >= 0.3 is 0 Å². The van der Waals surface area contributed by atoms with Gasteiger partial charge in [-0.25, -0.2) is 0 Å². The van der Waals surface area contributed by atoms with E-state index in [-0.39, 0.29) is 25.0 Å². The molecule has 0 saturated carbocycles. The van der Waals surface area contributed by atoms with E-state index in [1.165, 1.54) is 0 Å². The highest BCUT2D eigenvalue weighted by Crippen LogP contribution is 2.13. The van der Waals surface area contributed by atoms with Crippen LogP contribution in [0.4, 0.5) is 5.69 Å². The predicted octanol–water partition coefficient (Wildman–Crippen LogP) is 2.47. The normalized spacial score (nSPS) is 9.86. The van der Waals surface area contributed by atoms with E-state index in [1.54, 1.807) is 36.4 Å². The van der Waals surface area contributed by atoms with E-state index >= 15 is 0 Å². The van der Waals surface area contributed by atoms with Crippen LogP contribution in [0.1, 0.15) is 0 Å². The lowest BCUT2D eigenvalue weighted by molar-refractivity contribution is -0.125. The predicted molar refractivity (Wildman–Crippen MR) is 85.0 cm³/mol. The number of hydrogen-bond acceptors (Lipinski definition) is 3. The molecule has 0 fully saturated rings. The monoisotopic (exact) mass is 318 g/mol. The van der Waals surface area contributed by atoms with Crippen LogP contribution >= 0.6 is 11.6 Å². The average molecular weight is 319 g/mol. The van der Waals surface area contributed by atoms with Gasteiger partial charge < -0.3 is 15.4 Å². The number of carbonyl (C=O) groups excluding carboxylic acids is 2. The molecule has 0 aliphatic carbocycles. The molecule has 0 aromatic heterocycles. The third kappa shape index (κ3) is 5.46. The number of benzene rings is 2. The lowest BCUT2D eigenvalue weighted by Crippen LogP contribution is -2.35. The van der Waals surface area contributed by atoms with E-state index in [0.29, 0.717) is 16.5 Å². The van der Waals surface area contributed by atoms with E-state index in [1.807, 2.05) is 18.2 Å². The Kier molecular flexibility index (Phi) is 5.80. The third-order valence-electron chi connectivity index (χ3n) is 2.69. The van der Waals surface area contributed by atoms with Gasteiger partial charge in [0, 0.05) is 10.7 Å². The highest BCUT2D eigenvalue weighted by atomic mass is 35.5. The number of amides is 2. The van der Waals surface area contributed by atoms with Crippen LogP contribution in [0, 0.1) is 0 Å². The highest BCUT2D eigenvalue weighted by molar-refractivity contribution is 6.30. The van der Waals surface area contributed by atoms with Crippen molar-refractivity contribution in [2.75, 3.05) is 18.5 Å². The quantitative estimate of drug-likeness (QED) is 0.860. The molecule has 22 heavy (non-hydrogen) atoms. The van der Waals surface area contributed by atoms with Gasteiger partial charge in [0.05, 0.1) is 6.54 Å². The summed E-state index contributed by atoms with van der Waals surface area (Å²) < 4.78 is 5.27. The molecule has 6 heteroatoms. The number of nitrogens with one attached hydrogen (secondary N) is 2. The zero-order chi connectivity index (χ0) is 15.8. The van der Waals surface area contributed by atoms with Crippen molar-refractivity contribution in [1.82, 2.24) is 5.32 Å².